The molecule has 0 bridgehead atoms. The van der Waals surface area contributed by atoms with E-state index in [0.29, 0.717) is 12.6 Å². The molecule has 0 spiro atoms. The minimum Gasteiger partial charge on any atom is -0.474 e. The van der Waals surface area contributed by atoms with Crippen LogP contribution >= 0.6 is 0 Å². The van der Waals surface area contributed by atoms with Crippen molar-refractivity contribution in [1.29, 1.82) is 0 Å². The number of aliphatic imine (C=N–C) groups is 1. The Kier molecular flexibility index (Phi) is 6.38. The van der Waals surface area contributed by atoms with Crippen LogP contribution < -0.4 is 15.0 Å². The monoisotopic (exact) mass is 395 g/mol. The summed E-state index contributed by atoms with van der Waals surface area (Å²) in [6.07, 6.45) is 10.5. The van der Waals surface area contributed by atoms with Crippen LogP contribution in [0.3, 0.4) is 0 Å². The van der Waals surface area contributed by atoms with Gasteiger partial charge in [-0.3, -0.25) is 4.99 Å². The molecule has 4 rings (SSSR count). The Balaban J connectivity index is 1.29. The first-order valence-corrected chi connectivity index (χ1v) is 10.4. The zero-order chi connectivity index (χ0) is 19.9. The lowest BCUT2D eigenvalue weighted by Gasteiger charge is -2.36. The van der Waals surface area contributed by atoms with Gasteiger partial charge < -0.3 is 19.9 Å². The van der Waals surface area contributed by atoms with Gasteiger partial charge in [-0.2, -0.15) is 0 Å². The summed E-state index contributed by atoms with van der Waals surface area (Å²) in [5.74, 6) is 2.43. The first kappa shape index (κ1) is 19.4. The van der Waals surface area contributed by atoms with Gasteiger partial charge in [-0.05, 0) is 43.4 Å². The molecule has 0 atom stereocenters. The maximum absolute atomic E-state index is 6.02. The molecular formula is C21H29N7O. The smallest absolute Gasteiger partial charge is 0.225 e. The van der Waals surface area contributed by atoms with Gasteiger partial charge in [0.25, 0.3) is 0 Å². The first-order valence-electron chi connectivity index (χ1n) is 10.4. The molecule has 1 saturated heterocycles. The van der Waals surface area contributed by atoms with Gasteiger partial charge in [0.2, 0.25) is 11.8 Å². The van der Waals surface area contributed by atoms with Crippen LogP contribution in [0.25, 0.3) is 0 Å². The number of guanidine groups is 1. The normalized spacial score (nSPS) is 18.2. The van der Waals surface area contributed by atoms with Crippen molar-refractivity contribution in [3.05, 3.63) is 42.4 Å². The van der Waals surface area contributed by atoms with Gasteiger partial charge in [-0.1, -0.05) is 0 Å². The fourth-order valence-corrected chi connectivity index (χ4v) is 3.89. The quantitative estimate of drug-likeness (QED) is 0.613. The Morgan fingerprint density at radius 1 is 1.10 bits per heavy atom. The Morgan fingerprint density at radius 2 is 1.86 bits per heavy atom. The van der Waals surface area contributed by atoms with E-state index in [4.69, 9.17) is 4.74 Å². The molecular weight excluding hydrogens is 366 g/mol. The molecule has 2 aliphatic rings. The number of piperazine rings is 1. The lowest BCUT2D eigenvalue weighted by molar-refractivity contribution is 0.201. The second kappa shape index (κ2) is 9.54. The molecule has 8 heteroatoms. The molecule has 154 valence electrons. The van der Waals surface area contributed by atoms with E-state index in [2.05, 4.69) is 35.1 Å². The molecule has 8 nitrogen and oxygen atoms in total. The number of rotatable bonds is 5. The van der Waals surface area contributed by atoms with Crippen LogP contribution in [0.5, 0.6) is 5.88 Å². The number of hydrogen-bond donors (Lipinski definition) is 1. The van der Waals surface area contributed by atoms with E-state index in [1.54, 1.807) is 12.4 Å². The van der Waals surface area contributed by atoms with Gasteiger partial charge in [0.05, 0.1) is 0 Å². The summed E-state index contributed by atoms with van der Waals surface area (Å²) in [6, 6.07) is 5.89. The van der Waals surface area contributed by atoms with Gasteiger partial charge in [0.15, 0.2) is 5.96 Å². The summed E-state index contributed by atoms with van der Waals surface area (Å²) in [6.45, 7) is 4.20. The summed E-state index contributed by atoms with van der Waals surface area (Å²) >= 11 is 0. The van der Waals surface area contributed by atoms with E-state index in [1.165, 1.54) is 12.8 Å². The van der Waals surface area contributed by atoms with Crippen LogP contribution in [0.15, 0.2) is 41.8 Å². The van der Waals surface area contributed by atoms with Crippen molar-refractivity contribution >= 4 is 11.9 Å². The number of nitrogens with zero attached hydrogens (tertiary/aromatic N) is 6. The van der Waals surface area contributed by atoms with Gasteiger partial charge in [0, 0.05) is 64.4 Å². The number of nitrogens with one attached hydrogen (secondary N) is 1. The molecule has 2 aromatic heterocycles. The minimum atomic E-state index is 0.323. The minimum absolute atomic E-state index is 0.323. The summed E-state index contributed by atoms with van der Waals surface area (Å²) in [7, 11) is 1.83. The summed E-state index contributed by atoms with van der Waals surface area (Å²) < 4.78 is 6.02. The summed E-state index contributed by atoms with van der Waals surface area (Å²) in [5.41, 5.74) is 1.14. The van der Waals surface area contributed by atoms with Crippen LogP contribution in [-0.4, -0.2) is 65.1 Å². The zero-order valence-electron chi connectivity index (χ0n) is 17.0. The van der Waals surface area contributed by atoms with E-state index in [0.717, 1.165) is 62.4 Å². The number of hydrogen-bond acceptors (Lipinski definition) is 6. The van der Waals surface area contributed by atoms with Crippen molar-refractivity contribution in [2.75, 3.05) is 38.1 Å². The molecule has 2 fully saturated rings. The van der Waals surface area contributed by atoms with E-state index in [9.17, 15) is 0 Å². The third-order valence-corrected chi connectivity index (χ3v) is 5.47. The fourth-order valence-electron chi connectivity index (χ4n) is 3.89. The molecule has 1 saturated carbocycles. The van der Waals surface area contributed by atoms with Crippen molar-refractivity contribution in [3.8, 4) is 5.88 Å². The van der Waals surface area contributed by atoms with Crippen molar-refractivity contribution in [1.82, 2.24) is 25.2 Å². The second-order valence-corrected chi connectivity index (χ2v) is 7.45. The maximum Gasteiger partial charge on any atom is 0.225 e. The van der Waals surface area contributed by atoms with Crippen molar-refractivity contribution in [3.63, 3.8) is 0 Å². The molecule has 0 amide bonds. The van der Waals surface area contributed by atoms with Crippen LogP contribution in [0.2, 0.25) is 0 Å². The zero-order valence-corrected chi connectivity index (χ0v) is 17.0. The largest absolute Gasteiger partial charge is 0.474 e. The molecule has 0 unspecified atom stereocenters. The molecule has 0 radical (unpaired) electrons. The highest BCUT2D eigenvalue weighted by molar-refractivity contribution is 5.80. The molecule has 1 aliphatic heterocycles. The van der Waals surface area contributed by atoms with E-state index in [-0.39, 0.29) is 0 Å². The third-order valence-electron chi connectivity index (χ3n) is 5.47. The molecule has 2 aromatic rings. The van der Waals surface area contributed by atoms with Gasteiger partial charge in [-0.15, -0.1) is 0 Å². The van der Waals surface area contributed by atoms with E-state index >= 15 is 0 Å². The van der Waals surface area contributed by atoms with Gasteiger partial charge >= 0.3 is 0 Å². The highest BCUT2D eigenvalue weighted by Gasteiger charge is 2.21. The van der Waals surface area contributed by atoms with Crippen LogP contribution in [0, 0.1) is 0 Å². The van der Waals surface area contributed by atoms with Crippen molar-refractivity contribution in [2.24, 2.45) is 4.99 Å². The number of ether oxygens (including phenoxy) is 1. The Labute approximate surface area is 172 Å². The highest BCUT2D eigenvalue weighted by atomic mass is 16.5. The molecule has 0 aromatic carbocycles. The average molecular weight is 396 g/mol. The van der Waals surface area contributed by atoms with E-state index < -0.39 is 0 Å². The number of pyridine rings is 1. The maximum atomic E-state index is 6.02. The van der Waals surface area contributed by atoms with Crippen molar-refractivity contribution < 1.29 is 4.74 Å². The lowest BCUT2D eigenvalue weighted by Crippen LogP contribution is -2.52. The second-order valence-electron chi connectivity index (χ2n) is 7.45. The fraction of sp³-hybridized carbons (Fsp3) is 0.524. The number of anilines is 1. The Bertz CT molecular complexity index is 800. The van der Waals surface area contributed by atoms with E-state index in [1.807, 2.05) is 31.4 Å². The van der Waals surface area contributed by atoms with Gasteiger partial charge in [-0.25, -0.2) is 15.0 Å². The van der Waals surface area contributed by atoms with Gasteiger partial charge in [0.1, 0.15) is 6.10 Å². The first-order chi connectivity index (χ1) is 14.3. The highest BCUT2D eigenvalue weighted by Crippen LogP contribution is 2.23. The Morgan fingerprint density at radius 3 is 2.59 bits per heavy atom. The average Bonchev–Trinajstić information content (AvgIpc) is 3.29. The third kappa shape index (κ3) is 5.13. The van der Waals surface area contributed by atoms with Crippen LogP contribution in [0.1, 0.15) is 31.2 Å². The summed E-state index contributed by atoms with van der Waals surface area (Å²) in [4.78, 5) is 22.0. The predicted octanol–water partition coefficient (Wildman–Crippen LogP) is 2.09. The Hall–Kier alpha value is -2.90. The number of aromatic nitrogens is 3. The molecule has 1 N–H and O–H groups in total. The topological polar surface area (TPSA) is 78.8 Å². The van der Waals surface area contributed by atoms with Crippen LogP contribution in [0.4, 0.5) is 5.95 Å². The summed E-state index contributed by atoms with van der Waals surface area (Å²) in [5, 5.41) is 3.47. The SMILES string of the molecule is CN=C(NCc1ccnc(OC2CCCC2)c1)N1CCN(c2ncccn2)CC1. The standard InChI is InChI=1S/C21H29N7O/c1-22-20(27-11-13-28(14-12-27)21-24-8-4-9-25-21)26-16-17-7-10-23-19(15-17)29-18-5-2-3-6-18/h4,7-10,15,18H,2-3,5-6,11-14,16H2,1H3,(H,22,26). The molecule has 29 heavy (non-hydrogen) atoms. The lowest BCUT2D eigenvalue weighted by atomic mass is 10.2. The predicted molar refractivity (Wildman–Crippen MR) is 113 cm³/mol. The molecule has 1 aliphatic carbocycles. The van der Waals surface area contributed by atoms with Crippen LogP contribution in [-0.2, 0) is 6.54 Å². The van der Waals surface area contributed by atoms with Crippen molar-refractivity contribution in [2.45, 2.75) is 38.3 Å². The molecule has 3 heterocycles.